The number of carbonyl (C=O) groups is 1. The molecule has 0 unspecified atom stereocenters. The number of esters is 1. The van der Waals surface area contributed by atoms with Crippen LogP contribution in [-0.4, -0.2) is 26.5 Å². The topological polar surface area (TPSA) is 67.9 Å². The molecule has 2 rings (SSSR count). The Bertz CT molecular complexity index is 572. The number of fused-ring (bicyclic) bond motifs is 1. The molecule has 6 heteroatoms. The van der Waals surface area contributed by atoms with Crippen LogP contribution in [0.2, 0.25) is 0 Å². The molecule has 2 aromatic heterocycles. The molecule has 0 atom stereocenters. The maximum absolute atomic E-state index is 11.9. The molecule has 2 heterocycles. The molecule has 0 saturated carbocycles. The normalized spacial score (nSPS) is 11.8. The van der Waals surface area contributed by atoms with E-state index in [4.69, 9.17) is 4.74 Å². The molecule has 90 valence electrons. The van der Waals surface area contributed by atoms with Gasteiger partial charge in [-0.1, -0.05) is 0 Å². The van der Waals surface area contributed by atoms with E-state index in [9.17, 15) is 4.79 Å². The van der Waals surface area contributed by atoms with Gasteiger partial charge in [-0.2, -0.15) is 0 Å². The van der Waals surface area contributed by atoms with Crippen LogP contribution in [0.15, 0.2) is 17.0 Å². The maximum atomic E-state index is 11.9. The summed E-state index contributed by atoms with van der Waals surface area (Å²) < 4.78 is 5.87. The van der Waals surface area contributed by atoms with Gasteiger partial charge >= 0.3 is 5.97 Å². The molecule has 0 saturated heterocycles. The van der Waals surface area contributed by atoms with Crippen molar-refractivity contribution in [3.8, 4) is 0 Å². The summed E-state index contributed by atoms with van der Waals surface area (Å²) in [5, 5.41) is 0. The molecule has 0 aromatic carbocycles. The molecule has 5 nitrogen and oxygen atoms in total. The van der Waals surface area contributed by atoms with Gasteiger partial charge in [-0.05, 0) is 36.7 Å². The zero-order chi connectivity index (χ0) is 12.6. The molecule has 0 spiro atoms. The van der Waals surface area contributed by atoms with Crippen molar-refractivity contribution in [2.75, 3.05) is 0 Å². The van der Waals surface area contributed by atoms with Crippen molar-refractivity contribution in [3.05, 3.63) is 22.6 Å². The van der Waals surface area contributed by atoms with E-state index < -0.39 is 11.6 Å². The lowest BCUT2D eigenvalue weighted by molar-refractivity contribution is 0.00717. The minimum atomic E-state index is -0.528. The van der Waals surface area contributed by atoms with Crippen LogP contribution < -0.4 is 0 Å². The van der Waals surface area contributed by atoms with Crippen LogP contribution in [-0.2, 0) is 4.74 Å². The molecule has 0 aliphatic heterocycles. The summed E-state index contributed by atoms with van der Waals surface area (Å²) in [6.07, 6.45) is 3.13. The Morgan fingerprint density at radius 3 is 2.82 bits per heavy atom. The van der Waals surface area contributed by atoms with Gasteiger partial charge in [0.05, 0.1) is 6.20 Å². The predicted molar refractivity (Wildman–Crippen MR) is 66.8 cm³/mol. The van der Waals surface area contributed by atoms with Gasteiger partial charge in [0.25, 0.3) is 0 Å². The van der Waals surface area contributed by atoms with Crippen molar-refractivity contribution in [3.63, 3.8) is 0 Å². The summed E-state index contributed by atoms with van der Waals surface area (Å²) in [7, 11) is 0. The van der Waals surface area contributed by atoms with Gasteiger partial charge in [-0.25, -0.2) is 14.8 Å². The van der Waals surface area contributed by atoms with E-state index in [1.807, 2.05) is 20.8 Å². The highest BCUT2D eigenvalue weighted by atomic mass is 79.9. The number of halogens is 1. The first-order valence-corrected chi connectivity index (χ1v) is 5.89. The number of carbonyl (C=O) groups excluding carboxylic acids is 1. The average molecular weight is 298 g/mol. The number of nitrogens with one attached hydrogen (secondary N) is 1. The first-order valence-electron chi connectivity index (χ1n) is 5.10. The smallest absolute Gasteiger partial charge is 0.342 e. The fourth-order valence-electron chi connectivity index (χ4n) is 1.36. The quantitative estimate of drug-likeness (QED) is 0.822. The van der Waals surface area contributed by atoms with Crippen molar-refractivity contribution < 1.29 is 9.53 Å². The van der Waals surface area contributed by atoms with Crippen molar-refractivity contribution >= 4 is 33.1 Å². The van der Waals surface area contributed by atoms with Gasteiger partial charge in [0.1, 0.15) is 21.3 Å². The summed E-state index contributed by atoms with van der Waals surface area (Å²) in [5.74, 6) is -0.406. The molecule has 0 amide bonds. The number of ether oxygens (including phenoxy) is 1. The second kappa shape index (κ2) is 4.10. The number of hydrogen-bond acceptors (Lipinski definition) is 4. The van der Waals surface area contributed by atoms with Crippen LogP contribution in [0.1, 0.15) is 31.1 Å². The van der Waals surface area contributed by atoms with E-state index >= 15 is 0 Å². The number of H-pyrrole nitrogens is 1. The van der Waals surface area contributed by atoms with Gasteiger partial charge < -0.3 is 9.72 Å². The average Bonchev–Trinajstić information content (AvgIpc) is 2.57. The third kappa shape index (κ3) is 2.63. The van der Waals surface area contributed by atoms with Crippen LogP contribution in [0.4, 0.5) is 0 Å². The fourth-order valence-corrected chi connectivity index (χ4v) is 1.64. The summed E-state index contributed by atoms with van der Waals surface area (Å²) in [4.78, 5) is 23.1. The van der Waals surface area contributed by atoms with E-state index in [0.29, 0.717) is 21.3 Å². The number of nitrogens with zero attached hydrogens (tertiary/aromatic N) is 2. The molecule has 0 aliphatic carbocycles. The zero-order valence-corrected chi connectivity index (χ0v) is 11.3. The van der Waals surface area contributed by atoms with Crippen LogP contribution in [0.5, 0.6) is 0 Å². The second-order valence-corrected chi connectivity index (χ2v) is 5.41. The number of aromatic nitrogens is 3. The van der Waals surface area contributed by atoms with Crippen LogP contribution >= 0.6 is 15.9 Å². The summed E-state index contributed by atoms with van der Waals surface area (Å²) in [6.45, 7) is 5.46. The molecule has 1 N–H and O–H groups in total. The highest BCUT2D eigenvalue weighted by Gasteiger charge is 2.21. The molecular weight excluding hydrogens is 286 g/mol. The molecule has 17 heavy (non-hydrogen) atoms. The van der Waals surface area contributed by atoms with Gasteiger partial charge in [-0.3, -0.25) is 0 Å². The fraction of sp³-hybridized carbons (Fsp3) is 0.364. The Kier molecular flexibility index (Phi) is 2.91. The Balaban J connectivity index is 2.42. The minimum Gasteiger partial charge on any atom is -0.456 e. The monoisotopic (exact) mass is 297 g/mol. The molecular formula is C11H12BrN3O2. The predicted octanol–water partition coefficient (Wildman–Crippen LogP) is 2.68. The van der Waals surface area contributed by atoms with Gasteiger partial charge in [0, 0.05) is 6.20 Å². The molecule has 0 aliphatic rings. The van der Waals surface area contributed by atoms with Gasteiger partial charge in [-0.15, -0.1) is 0 Å². The van der Waals surface area contributed by atoms with Crippen molar-refractivity contribution in [1.82, 2.24) is 15.0 Å². The lowest BCUT2D eigenvalue weighted by Crippen LogP contribution is -2.23. The Labute approximate surface area is 107 Å². The highest BCUT2D eigenvalue weighted by Crippen LogP contribution is 2.19. The van der Waals surface area contributed by atoms with E-state index in [1.165, 1.54) is 0 Å². The third-order valence-corrected chi connectivity index (χ3v) is 2.35. The van der Waals surface area contributed by atoms with Crippen LogP contribution in [0.3, 0.4) is 0 Å². The Hall–Kier alpha value is -1.43. The summed E-state index contributed by atoms with van der Waals surface area (Å²) in [6, 6.07) is 0. The lowest BCUT2D eigenvalue weighted by Gasteiger charge is -2.18. The third-order valence-electron chi connectivity index (χ3n) is 1.97. The van der Waals surface area contributed by atoms with Gasteiger partial charge in [0.2, 0.25) is 0 Å². The van der Waals surface area contributed by atoms with E-state index in [0.717, 1.165) is 0 Å². The van der Waals surface area contributed by atoms with Crippen molar-refractivity contribution in [1.29, 1.82) is 0 Å². The first-order chi connectivity index (χ1) is 7.87. The summed E-state index contributed by atoms with van der Waals surface area (Å²) in [5.41, 5.74) is 0.937. The minimum absolute atomic E-state index is 0.392. The maximum Gasteiger partial charge on any atom is 0.342 e. The first kappa shape index (κ1) is 12.0. The Morgan fingerprint density at radius 1 is 1.47 bits per heavy atom. The second-order valence-electron chi connectivity index (χ2n) is 4.59. The number of hydrogen-bond donors (Lipinski definition) is 1. The Morgan fingerprint density at radius 2 is 2.18 bits per heavy atom. The zero-order valence-electron chi connectivity index (χ0n) is 9.74. The molecule has 2 aromatic rings. The molecule has 0 bridgehead atoms. The van der Waals surface area contributed by atoms with Crippen LogP contribution in [0.25, 0.3) is 11.2 Å². The largest absolute Gasteiger partial charge is 0.456 e. The van der Waals surface area contributed by atoms with Gasteiger partial charge in [0.15, 0.2) is 5.65 Å². The van der Waals surface area contributed by atoms with Crippen molar-refractivity contribution in [2.24, 2.45) is 0 Å². The highest BCUT2D eigenvalue weighted by molar-refractivity contribution is 9.10. The SMILES string of the molecule is CC(C)(C)OC(=O)c1c[nH]c2ncc(Br)nc12. The molecule has 0 fully saturated rings. The van der Waals surface area contributed by atoms with E-state index in [2.05, 4.69) is 30.9 Å². The van der Waals surface area contributed by atoms with Crippen molar-refractivity contribution in [2.45, 2.75) is 26.4 Å². The summed E-state index contributed by atoms with van der Waals surface area (Å²) >= 11 is 3.22. The standard InChI is InChI=1S/C11H12BrN3O2/c1-11(2,3)17-10(16)6-4-13-9-8(6)15-7(12)5-14-9/h4-5H,1-3H3,(H,13,14). The number of rotatable bonds is 1. The van der Waals surface area contributed by atoms with Crippen LogP contribution in [0, 0.1) is 0 Å². The lowest BCUT2D eigenvalue weighted by atomic mass is 10.2. The van der Waals surface area contributed by atoms with E-state index in [-0.39, 0.29) is 0 Å². The van der Waals surface area contributed by atoms with E-state index in [1.54, 1.807) is 12.4 Å². The molecule has 0 radical (unpaired) electrons. The number of aromatic amines is 1.